The van der Waals surface area contributed by atoms with Gasteiger partial charge in [-0.3, -0.25) is 4.79 Å². The number of hydrogen-bond donors (Lipinski definition) is 1. The summed E-state index contributed by atoms with van der Waals surface area (Å²) in [6, 6.07) is 17.3. The van der Waals surface area contributed by atoms with Gasteiger partial charge in [0.1, 0.15) is 29.0 Å². The molecule has 7 heteroatoms. The molecule has 0 saturated heterocycles. The number of para-hydroxylation sites is 1. The van der Waals surface area contributed by atoms with Crippen LogP contribution in [0.2, 0.25) is 0 Å². The number of furan rings is 1. The van der Waals surface area contributed by atoms with E-state index in [4.69, 9.17) is 4.42 Å². The second-order valence-corrected chi connectivity index (χ2v) is 5.87. The molecule has 144 valence electrons. The Morgan fingerprint density at radius 1 is 1.10 bits per heavy atom. The van der Waals surface area contributed by atoms with Gasteiger partial charge in [-0.15, -0.1) is 0 Å². The molecule has 0 aliphatic rings. The van der Waals surface area contributed by atoms with Crippen LogP contribution in [-0.4, -0.2) is 19.0 Å². The highest BCUT2D eigenvalue weighted by molar-refractivity contribution is 6.09. The van der Waals surface area contributed by atoms with Crippen LogP contribution in [0.5, 0.6) is 0 Å². The zero-order chi connectivity index (χ0) is 20.8. The minimum absolute atomic E-state index is 0.0236. The monoisotopic (exact) mass is 390 g/mol. The average molecular weight is 390 g/mol. The second kappa shape index (κ2) is 8.67. The fourth-order valence-electron chi connectivity index (χ4n) is 2.52. The molecular formula is C22H15FN2O4. The summed E-state index contributed by atoms with van der Waals surface area (Å²) in [4.78, 5) is 23.7. The van der Waals surface area contributed by atoms with E-state index in [-0.39, 0.29) is 17.0 Å². The third-order valence-corrected chi connectivity index (χ3v) is 3.99. The van der Waals surface area contributed by atoms with Crippen molar-refractivity contribution < 1.29 is 23.1 Å². The minimum Gasteiger partial charge on any atom is -0.465 e. The molecule has 0 saturated carbocycles. The number of nitrogens with one attached hydrogen (secondary N) is 1. The van der Waals surface area contributed by atoms with E-state index in [1.54, 1.807) is 48.5 Å². The lowest BCUT2D eigenvalue weighted by Crippen LogP contribution is -2.14. The van der Waals surface area contributed by atoms with Gasteiger partial charge in [-0.1, -0.05) is 24.3 Å². The largest absolute Gasteiger partial charge is 0.465 e. The molecule has 0 aliphatic carbocycles. The Balaban J connectivity index is 1.78. The zero-order valence-corrected chi connectivity index (χ0v) is 15.3. The summed E-state index contributed by atoms with van der Waals surface area (Å²) in [5, 5.41) is 11.6. The first-order valence-electron chi connectivity index (χ1n) is 8.48. The van der Waals surface area contributed by atoms with E-state index in [9.17, 15) is 19.2 Å². The molecular weight excluding hydrogens is 375 g/mol. The van der Waals surface area contributed by atoms with Crippen molar-refractivity contribution in [3.05, 3.63) is 83.4 Å². The molecule has 0 aliphatic heterocycles. The first kappa shape index (κ1) is 19.6. The van der Waals surface area contributed by atoms with Crippen molar-refractivity contribution in [3.8, 4) is 17.4 Å². The standard InChI is InChI=1S/C22H15FN2O4/c1-28-22(27)15-8-6-14(7-9-15)20-11-10-17(29-20)12-16(13-24)21(26)25-19-5-3-2-4-18(19)23/h2-12H,1H3,(H,25,26)/b16-12-. The zero-order valence-electron chi connectivity index (χ0n) is 15.3. The van der Waals surface area contributed by atoms with Crippen molar-refractivity contribution in [2.45, 2.75) is 0 Å². The molecule has 0 unspecified atom stereocenters. The maximum Gasteiger partial charge on any atom is 0.337 e. The molecule has 0 atom stereocenters. The average Bonchev–Trinajstić information content (AvgIpc) is 3.21. The maximum absolute atomic E-state index is 13.7. The number of anilines is 1. The lowest BCUT2D eigenvalue weighted by Gasteiger charge is -2.04. The molecule has 0 radical (unpaired) electrons. The van der Waals surface area contributed by atoms with Crippen LogP contribution in [-0.2, 0) is 9.53 Å². The van der Waals surface area contributed by atoms with Gasteiger partial charge in [0.05, 0.1) is 18.4 Å². The van der Waals surface area contributed by atoms with Gasteiger partial charge in [0.15, 0.2) is 0 Å². The first-order chi connectivity index (χ1) is 14.0. The van der Waals surface area contributed by atoms with Gasteiger partial charge >= 0.3 is 5.97 Å². The summed E-state index contributed by atoms with van der Waals surface area (Å²) in [6.07, 6.45) is 1.27. The predicted molar refractivity (Wildman–Crippen MR) is 104 cm³/mol. The van der Waals surface area contributed by atoms with Crippen molar-refractivity contribution in [1.82, 2.24) is 0 Å². The van der Waals surface area contributed by atoms with Crippen LogP contribution >= 0.6 is 0 Å². The Labute approximate surface area is 165 Å². The molecule has 1 amide bonds. The number of esters is 1. The summed E-state index contributed by atoms with van der Waals surface area (Å²) in [6.45, 7) is 0. The summed E-state index contributed by atoms with van der Waals surface area (Å²) in [7, 11) is 1.30. The van der Waals surface area contributed by atoms with Crippen LogP contribution in [0, 0.1) is 17.1 Å². The van der Waals surface area contributed by atoms with E-state index in [0.29, 0.717) is 16.9 Å². The quantitative estimate of drug-likeness (QED) is 0.396. The SMILES string of the molecule is COC(=O)c1ccc(-c2ccc(/C=C(/C#N)C(=O)Nc3ccccc3F)o2)cc1. The summed E-state index contributed by atoms with van der Waals surface area (Å²) < 4.78 is 24.0. The van der Waals surface area contributed by atoms with Crippen molar-refractivity contribution >= 4 is 23.6 Å². The van der Waals surface area contributed by atoms with Crippen LogP contribution in [0.3, 0.4) is 0 Å². The van der Waals surface area contributed by atoms with Gasteiger partial charge in [-0.2, -0.15) is 5.26 Å². The van der Waals surface area contributed by atoms with Crippen LogP contribution in [0.25, 0.3) is 17.4 Å². The fraction of sp³-hybridized carbons (Fsp3) is 0.0455. The van der Waals surface area contributed by atoms with E-state index in [1.165, 1.54) is 31.4 Å². The Morgan fingerprint density at radius 2 is 1.83 bits per heavy atom. The number of amides is 1. The lowest BCUT2D eigenvalue weighted by molar-refractivity contribution is -0.112. The van der Waals surface area contributed by atoms with Gasteiger partial charge in [0, 0.05) is 11.6 Å². The molecule has 3 aromatic rings. The van der Waals surface area contributed by atoms with Gasteiger partial charge in [0.2, 0.25) is 0 Å². The van der Waals surface area contributed by atoms with Crippen LogP contribution in [0.4, 0.5) is 10.1 Å². The van der Waals surface area contributed by atoms with Crippen molar-refractivity contribution in [2.75, 3.05) is 12.4 Å². The molecule has 6 nitrogen and oxygen atoms in total. The summed E-state index contributed by atoms with van der Waals surface area (Å²) >= 11 is 0. The van der Waals surface area contributed by atoms with Gasteiger partial charge in [-0.25, -0.2) is 9.18 Å². The second-order valence-electron chi connectivity index (χ2n) is 5.87. The Bertz CT molecular complexity index is 1120. The molecule has 1 N–H and O–H groups in total. The first-order valence-corrected chi connectivity index (χ1v) is 8.48. The molecule has 0 fully saturated rings. The molecule has 29 heavy (non-hydrogen) atoms. The lowest BCUT2D eigenvalue weighted by atomic mass is 10.1. The molecule has 3 rings (SSSR count). The molecule has 2 aromatic carbocycles. The Hall–Kier alpha value is -4.18. The highest BCUT2D eigenvalue weighted by Crippen LogP contribution is 2.24. The van der Waals surface area contributed by atoms with E-state index < -0.39 is 17.7 Å². The highest BCUT2D eigenvalue weighted by Gasteiger charge is 2.13. The normalized spacial score (nSPS) is 10.9. The van der Waals surface area contributed by atoms with Crippen molar-refractivity contribution in [2.24, 2.45) is 0 Å². The summed E-state index contributed by atoms with van der Waals surface area (Å²) in [5.74, 6) is -1.04. The van der Waals surface area contributed by atoms with Crippen molar-refractivity contribution in [1.29, 1.82) is 5.26 Å². The molecule has 1 heterocycles. The number of carbonyl (C=O) groups is 2. The number of carbonyl (C=O) groups excluding carboxylic acids is 2. The third-order valence-electron chi connectivity index (χ3n) is 3.99. The van der Waals surface area contributed by atoms with Crippen LogP contribution in [0.1, 0.15) is 16.1 Å². The van der Waals surface area contributed by atoms with Crippen LogP contribution < -0.4 is 5.32 Å². The maximum atomic E-state index is 13.7. The number of halogens is 1. The number of methoxy groups -OCH3 is 1. The number of ether oxygens (including phenoxy) is 1. The predicted octanol–water partition coefficient (Wildman–Crippen LogP) is 4.42. The Kier molecular flexibility index (Phi) is 5.85. The number of nitrogens with zero attached hydrogens (tertiary/aromatic N) is 1. The van der Waals surface area contributed by atoms with Crippen molar-refractivity contribution in [3.63, 3.8) is 0 Å². The highest BCUT2D eigenvalue weighted by atomic mass is 19.1. The number of benzene rings is 2. The van der Waals surface area contributed by atoms with E-state index in [1.807, 2.05) is 0 Å². The fourth-order valence-corrected chi connectivity index (χ4v) is 2.52. The summed E-state index contributed by atoms with van der Waals surface area (Å²) in [5.41, 5.74) is 0.839. The van der Waals surface area contributed by atoms with Gasteiger partial charge in [-0.05, 0) is 36.4 Å². The van der Waals surface area contributed by atoms with E-state index >= 15 is 0 Å². The third kappa shape index (κ3) is 4.57. The number of rotatable bonds is 5. The molecule has 0 spiro atoms. The van der Waals surface area contributed by atoms with Gasteiger partial charge in [0.25, 0.3) is 5.91 Å². The Morgan fingerprint density at radius 3 is 2.48 bits per heavy atom. The van der Waals surface area contributed by atoms with Gasteiger partial charge < -0.3 is 14.5 Å². The van der Waals surface area contributed by atoms with E-state index in [2.05, 4.69) is 10.1 Å². The molecule has 1 aromatic heterocycles. The van der Waals surface area contributed by atoms with Crippen LogP contribution in [0.15, 0.2) is 70.7 Å². The minimum atomic E-state index is -0.752. The molecule has 0 bridgehead atoms. The number of hydrogen-bond acceptors (Lipinski definition) is 5. The smallest absolute Gasteiger partial charge is 0.337 e. The topological polar surface area (TPSA) is 92.3 Å². The van der Waals surface area contributed by atoms with E-state index in [0.717, 1.165) is 0 Å². The number of nitriles is 1.